The first kappa shape index (κ1) is 33.0. The zero-order valence-electron chi connectivity index (χ0n) is 23.4. The van der Waals surface area contributed by atoms with Gasteiger partial charge in [-0.05, 0) is 86.8 Å². The number of aliphatic hydroxyl groups is 4. The maximum atomic E-state index is 13.1. The summed E-state index contributed by atoms with van der Waals surface area (Å²) in [6.45, 7) is 2.50. The molecule has 0 aliphatic heterocycles. The van der Waals surface area contributed by atoms with Crippen LogP contribution in [0.1, 0.15) is 72.1 Å². The van der Waals surface area contributed by atoms with Gasteiger partial charge in [-0.2, -0.15) is 0 Å². The average Bonchev–Trinajstić information content (AvgIpc) is 2.98. The molecule has 0 aliphatic carbocycles. The van der Waals surface area contributed by atoms with Gasteiger partial charge in [0.15, 0.2) is 0 Å². The van der Waals surface area contributed by atoms with Gasteiger partial charge in [0.2, 0.25) is 0 Å². The lowest BCUT2D eigenvalue weighted by molar-refractivity contribution is 0.0944. The van der Waals surface area contributed by atoms with E-state index in [0.29, 0.717) is 87.2 Å². The summed E-state index contributed by atoms with van der Waals surface area (Å²) in [7, 11) is 0. The maximum absolute atomic E-state index is 13.1. The lowest BCUT2D eigenvalue weighted by atomic mass is 9.98. The molecule has 0 radical (unpaired) electrons. The molecule has 0 saturated carbocycles. The number of nitrogens with one attached hydrogen (secondary N) is 4. The van der Waals surface area contributed by atoms with Crippen molar-refractivity contribution in [1.82, 2.24) is 10.6 Å². The van der Waals surface area contributed by atoms with Crippen LogP contribution in [0, 0.1) is 0 Å². The number of benzene rings is 2. The van der Waals surface area contributed by atoms with E-state index < -0.39 is 0 Å². The van der Waals surface area contributed by atoms with Crippen molar-refractivity contribution in [1.29, 1.82) is 0 Å². The van der Waals surface area contributed by atoms with Crippen LogP contribution < -0.4 is 21.3 Å². The molecule has 0 bridgehead atoms. The number of carbonyl (C=O) groups excluding carboxylic acids is 2. The third kappa shape index (κ3) is 11.5. The smallest absolute Gasteiger partial charge is 0.253 e. The number of hydrogen-bond donors (Lipinski definition) is 8. The van der Waals surface area contributed by atoms with Gasteiger partial charge in [-0.15, -0.1) is 0 Å². The second kappa shape index (κ2) is 19.8. The standard InChI is InChI=1S/C30H46N4O6/c35-17-5-1-13-31-27-11-9-23(21-25(27)29(39)33-15-3-7-19-37)24-10-12-28(32-14-2-6-18-36)26(22-24)30(40)34-16-4-8-20-38/h9-12,21-22,31-32,35-38H,1-8,13-20H2,(H,33,39)(H,34,40). The average molecular weight is 559 g/mol. The number of anilines is 2. The van der Waals surface area contributed by atoms with Gasteiger partial charge >= 0.3 is 0 Å². The van der Waals surface area contributed by atoms with Gasteiger partial charge < -0.3 is 41.7 Å². The molecule has 40 heavy (non-hydrogen) atoms. The van der Waals surface area contributed by atoms with Crippen LogP contribution in [-0.4, -0.2) is 84.8 Å². The summed E-state index contributed by atoms with van der Waals surface area (Å²) in [4.78, 5) is 26.2. The van der Waals surface area contributed by atoms with Crippen LogP contribution in [0.4, 0.5) is 11.4 Å². The summed E-state index contributed by atoms with van der Waals surface area (Å²) in [5.74, 6) is -0.457. The van der Waals surface area contributed by atoms with Crippen molar-refractivity contribution >= 4 is 23.2 Å². The van der Waals surface area contributed by atoms with Gasteiger partial charge in [-0.3, -0.25) is 9.59 Å². The Balaban J connectivity index is 2.35. The van der Waals surface area contributed by atoms with Crippen LogP contribution in [0.5, 0.6) is 0 Å². The minimum atomic E-state index is -0.228. The van der Waals surface area contributed by atoms with Gasteiger partial charge in [0.05, 0.1) is 11.1 Å². The molecule has 0 aliphatic rings. The molecule has 222 valence electrons. The second-order valence-electron chi connectivity index (χ2n) is 9.61. The summed E-state index contributed by atoms with van der Waals surface area (Å²) in [5.41, 5.74) is 3.89. The molecule has 2 rings (SSSR count). The van der Waals surface area contributed by atoms with Crippen LogP contribution in [-0.2, 0) is 0 Å². The minimum Gasteiger partial charge on any atom is -0.396 e. The predicted molar refractivity (Wildman–Crippen MR) is 159 cm³/mol. The van der Waals surface area contributed by atoms with Crippen molar-refractivity contribution < 1.29 is 30.0 Å². The molecule has 0 atom stereocenters. The molecule has 0 aromatic heterocycles. The third-order valence-corrected chi connectivity index (χ3v) is 6.40. The van der Waals surface area contributed by atoms with E-state index in [1.54, 1.807) is 0 Å². The van der Waals surface area contributed by atoms with Crippen LogP contribution >= 0.6 is 0 Å². The Kier molecular flexibility index (Phi) is 16.4. The highest BCUT2D eigenvalue weighted by atomic mass is 16.3. The lowest BCUT2D eigenvalue weighted by Crippen LogP contribution is -2.26. The second-order valence-corrected chi connectivity index (χ2v) is 9.61. The molecule has 0 saturated heterocycles. The Bertz CT molecular complexity index is 952. The van der Waals surface area contributed by atoms with Crippen molar-refractivity contribution in [2.24, 2.45) is 0 Å². The van der Waals surface area contributed by atoms with E-state index in [9.17, 15) is 9.59 Å². The summed E-state index contributed by atoms with van der Waals surface area (Å²) in [6.07, 6.45) is 5.42. The summed E-state index contributed by atoms with van der Waals surface area (Å²) < 4.78 is 0. The van der Waals surface area contributed by atoms with E-state index in [4.69, 9.17) is 20.4 Å². The quantitative estimate of drug-likeness (QED) is 0.108. The topological polar surface area (TPSA) is 163 Å². The Morgan fingerprint density at radius 3 is 1.20 bits per heavy atom. The van der Waals surface area contributed by atoms with Crippen molar-refractivity contribution in [2.75, 3.05) is 63.2 Å². The number of aliphatic hydroxyl groups excluding tert-OH is 4. The SMILES string of the molecule is O=C(NCCCCO)c1cc(-c2ccc(NCCCCO)c(C(=O)NCCCCO)c2)ccc1NCCCCO. The fourth-order valence-corrected chi connectivity index (χ4v) is 4.12. The molecule has 2 aromatic rings. The molecule has 10 heteroatoms. The summed E-state index contributed by atoms with van der Waals surface area (Å²) in [5, 5.41) is 48.6. The lowest BCUT2D eigenvalue weighted by Gasteiger charge is -2.16. The van der Waals surface area contributed by atoms with Crippen LogP contribution in [0.15, 0.2) is 36.4 Å². The van der Waals surface area contributed by atoms with E-state index in [1.807, 2.05) is 36.4 Å². The first-order valence-electron chi connectivity index (χ1n) is 14.3. The first-order chi connectivity index (χ1) is 19.5. The predicted octanol–water partition coefficient (Wildman–Crippen LogP) is 2.73. The van der Waals surface area contributed by atoms with Gasteiger partial charge in [-0.1, -0.05) is 12.1 Å². The molecule has 0 spiro atoms. The molecular formula is C30H46N4O6. The minimum absolute atomic E-state index is 0.0760. The molecule has 2 amide bonds. The normalized spacial score (nSPS) is 10.8. The molecule has 0 fully saturated rings. The third-order valence-electron chi connectivity index (χ3n) is 6.40. The Labute approximate surface area is 237 Å². The highest BCUT2D eigenvalue weighted by molar-refractivity contribution is 6.02. The summed E-state index contributed by atoms with van der Waals surface area (Å²) in [6, 6.07) is 11.1. The Hall–Kier alpha value is -3.18. The van der Waals surface area contributed by atoms with Crippen molar-refractivity contribution in [3.8, 4) is 11.1 Å². The summed E-state index contributed by atoms with van der Waals surface area (Å²) >= 11 is 0. The van der Waals surface area contributed by atoms with E-state index in [-0.39, 0.29) is 38.2 Å². The monoisotopic (exact) mass is 558 g/mol. The van der Waals surface area contributed by atoms with Crippen molar-refractivity contribution in [2.45, 2.75) is 51.4 Å². The fraction of sp³-hybridized carbons (Fsp3) is 0.533. The Morgan fingerprint density at radius 2 is 0.850 bits per heavy atom. The van der Waals surface area contributed by atoms with E-state index in [1.165, 1.54) is 0 Å². The Morgan fingerprint density at radius 1 is 0.500 bits per heavy atom. The van der Waals surface area contributed by atoms with Crippen LogP contribution in [0.2, 0.25) is 0 Å². The van der Waals surface area contributed by atoms with Crippen molar-refractivity contribution in [3.05, 3.63) is 47.5 Å². The maximum Gasteiger partial charge on any atom is 0.253 e. The number of carbonyl (C=O) groups is 2. The fourth-order valence-electron chi connectivity index (χ4n) is 4.12. The molecular weight excluding hydrogens is 512 g/mol. The molecule has 8 N–H and O–H groups in total. The zero-order chi connectivity index (χ0) is 29.0. The van der Waals surface area contributed by atoms with Gasteiger partial charge in [0.1, 0.15) is 0 Å². The van der Waals surface area contributed by atoms with E-state index in [0.717, 1.165) is 24.0 Å². The molecule has 0 unspecified atom stereocenters. The molecule has 0 heterocycles. The first-order valence-corrected chi connectivity index (χ1v) is 14.3. The highest BCUT2D eigenvalue weighted by Crippen LogP contribution is 2.29. The number of amides is 2. The van der Waals surface area contributed by atoms with Gasteiger partial charge in [0.25, 0.3) is 11.8 Å². The number of hydrogen-bond acceptors (Lipinski definition) is 8. The molecule has 2 aromatic carbocycles. The van der Waals surface area contributed by atoms with E-state index >= 15 is 0 Å². The zero-order valence-corrected chi connectivity index (χ0v) is 23.4. The number of rotatable bonds is 21. The number of unbranched alkanes of at least 4 members (excludes halogenated alkanes) is 4. The van der Waals surface area contributed by atoms with Gasteiger partial charge in [0, 0.05) is 64.0 Å². The highest BCUT2D eigenvalue weighted by Gasteiger charge is 2.16. The molecule has 10 nitrogen and oxygen atoms in total. The van der Waals surface area contributed by atoms with E-state index in [2.05, 4.69) is 21.3 Å². The van der Waals surface area contributed by atoms with Gasteiger partial charge in [-0.25, -0.2) is 0 Å². The van der Waals surface area contributed by atoms with Crippen LogP contribution in [0.25, 0.3) is 11.1 Å². The van der Waals surface area contributed by atoms with Crippen LogP contribution in [0.3, 0.4) is 0 Å². The largest absolute Gasteiger partial charge is 0.396 e. The van der Waals surface area contributed by atoms with Crippen molar-refractivity contribution in [3.63, 3.8) is 0 Å².